The maximum absolute atomic E-state index is 13.1. The summed E-state index contributed by atoms with van der Waals surface area (Å²) in [6.07, 6.45) is -10.8. The molecule has 35 heavy (non-hydrogen) atoms. The highest BCUT2D eigenvalue weighted by Gasteiger charge is 2.44. The van der Waals surface area contributed by atoms with Crippen LogP contribution >= 0.6 is 0 Å². The first kappa shape index (κ1) is 28.0. The molecule has 0 fully saturated rings. The fourth-order valence-electron chi connectivity index (χ4n) is 2.84. The van der Waals surface area contributed by atoms with Gasteiger partial charge in [0.05, 0.1) is 12.3 Å². The van der Waals surface area contributed by atoms with E-state index < -0.39 is 58.1 Å². The molecule has 1 amide bonds. The molecule has 2 rings (SSSR count). The molecule has 2 aromatic carbocycles. The summed E-state index contributed by atoms with van der Waals surface area (Å²) in [5.74, 6) is -4.99. The molecule has 8 nitrogen and oxygen atoms in total. The second-order valence-corrected chi connectivity index (χ2v) is 8.52. The first-order chi connectivity index (χ1) is 16.2. The van der Waals surface area contributed by atoms with Gasteiger partial charge in [-0.3, -0.25) is 9.52 Å². The molecule has 0 saturated heterocycles. The van der Waals surface area contributed by atoms with Crippen molar-refractivity contribution in [2.24, 2.45) is 5.92 Å². The molecule has 0 spiro atoms. The maximum atomic E-state index is 13.1. The average molecular weight is 530 g/mol. The van der Waals surface area contributed by atoms with Crippen molar-refractivity contribution in [1.29, 1.82) is 0 Å². The van der Waals surface area contributed by atoms with Crippen LogP contribution in [-0.4, -0.2) is 45.2 Å². The number of carbonyl (C=O) groups is 1. The third-order valence-electron chi connectivity index (χ3n) is 4.25. The summed E-state index contributed by atoms with van der Waals surface area (Å²) in [6.45, 7) is 0.540. The van der Waals surface area contributed by atoms with E-state index in [2.05, 4.69) is 9.46 Å². The fourth-order valence-corrected chi connectivity index (χ4v) is 4.02. The molecule has 0 bridgehead atoms. The first-order valence-corrected chi connectivity index (χ1v) is 11.3. The predicted molar refractivity (Wildman–Crippen MR) is 111 cm³/mol. The number of rotatable bonds is 10. The van der Waals surface area contributed by atoms with Gasteiger partial charge in [-0.15, -0.1) is 13.2 Å². The van der Waals surface area contributed by atoms with E-state index in [0.29, 0.717) is 0 Å². The first-order valence-electron chi connectivity index (χ1n) is 9.80. The lowest BCUT2D eigenvalue weighted by Gasteiger charge is -2.19. The number of ether oxygens (including phenoxy) is 2. The summed E-state index contributed by atoms with van der Waals surface area (Å²) in [6, 6.07) is 6.94. The highest BCUT2D eigenvalue weighted by Crippen LogP contribution is 2.33. The molecule has 0 aliphatic rings. The summed E-state index contributed by atoms with van der Waals surface area (Å²) in [7, 11) is -4.46. The molecule has 0 aliphatic heterocycles. The van der Waals surface area contributed by atoms with Gasteiger partial charge in [0.15, 0.2) is 0 Å². The number of amides is 1. The Morgan fingerprint density at radius 2 is 1.74 bits per heavy atom. The van der Waals surface area contributed by atoms with Crippen molar-refractivity contribution in [2.75, 3.05) is 23.3 Å². The Hall–Kier alpha value is -3.20. The summed E-state index contributed by atoms with van der Waals surface area (Å²) < 4.78 is 113. The highest BCUT2D eigenvalue weighted by molar-refractivity contribution is 7.92. The lowest BCUT2D eigenvalue weighted by molar-refractivity contribution is -0.274. The van der Waals surface area contributed by atoms with Crippen molar-refractivity contribution in [1.82, 2.24) is 0 Å². The van der Waals surface area contributed by atoms with Crippen LogP contribution in [0.2, 0.25) is 0 Å². The van der Waals surface area contributed by atoms with Crippen molar-refractivity contribution in [2.45, 2.75) is 30.8 Å². The van der Waals surface area contributed by atoms with Crippen molar-refractivity contribution >= 4 is 27.3 Å². The molecule has 15 heteroatoms. The quantitative estimate of drug-likeness (QED) is 0.395. The Bertz CT molecular complexity index is 1140. The van der Waals surface area contributed by atoms with Gasteiger partial charge in [0.2, 0.25) is 5.91 Å². The number of benzene rings is 2. The van der Waals surface area contributed by atoms with E-state index in [9.17, 15) is 39.6 Å². The minimum Gasteiger partial charge on any atom is -0.492 e. The van der Waals surface area contributed by atoms with E-state index >= 15 is 0 Å². The van der Waals surface area contributed by atoms with Gasteiger partial charge in [-0.1, -0.05) is 6.07 Å². The third-order valence-corrected chi connectivity index (χ3v) is 5.67. The minimum atomic E-state index is -5.00. The number of alkyl halides is 6. The smallest absolute Gasteiger partial charge is 0.492 e. The van der Waals surface area contributed by atoms with Crippen LogP contribution in [0.3, 0.4) is 0 Å². The molecule has 0 aromatic heterocycles. The fraction of sp³-hybridized carbons (Fsp3) is 0.350. The average Bonchev–Trinajstić information content (AvgIpc) is 2.70. The maximum Gasteiger partial charge on any atom is 0.573 e. The van der Waals surface area contributed by atoms with E-state index in [1.54, 1.807) is 0 Å². The molecule has 0 saturated carbocycles. The molecular weight excluding hydrogens is 510 g/mol. The highest BCUT2D eigenvalue weighted by atomic mass is 32.2. The Morgan fingerprint density at radius 3 is 2.31 bits per heavy atom. The zero-order valence-electron chi connectivity index (χ0n) is 17.9. The lowest BCUT2D eigenvalue weighted by Crippen LogP contribution is -2.35. The van der Waals surface area contributed by atoms with E-state index in [-0.39, 0.29) is 23.7 Å². The molecule has 0 aliphatic carbocycles. The van der Waals surface area contributed by atoms with Crippen molar-refractivity contribution in [3.05, 3.63) is 42.5 Å². The molecule has 2 aromatic rings. The zero-order valence-corrected chi connectivity index (χ0v) is 18.7. The van der Waals surface area contributed by atoms with Gasteiger partial charge in [-0.05, 0) is 37.6 Å². The van der Waals surface area contributed by atoms with E-state index in [4.69, 9.17) is 9.84 Å². The number of nitrogens with one attached hydrogen (secondary N) is 2. The van der Waals surface area contributed by atoms with Gasteiger partial charge in [0.25, 0.3) is 10.0 Å². The minimum absolute atomic E-state index is 0.0650. The van der Waals surface area contributed by atoms with Gasteiger partial charge in [0, 0.05) is 24.4 Å². The molecular formula is C20H20F6N2O6S. The number of aliphatic hydroxyl groups is 1. The Balaban J connectivity index is 2.32. The predicted octanol–water partition coefficient (Wildman–Crippen LogP) is 4.28. The second kappa shape index (κ2) is 11.0. The van der Waals surface area contributed by atoms with Gasteiger partial charge in [0.1, 0.15) is 22.3 Å². The van der Waals surface area contributed by atoms with Crippen molar-refractivity contribution in [3.8, 4) is 11.5 Å². The van der Waals surface area contributed by atoms with Crippen LogP contribution in [0.25, 0.3) is 0 Å². The molecule has 1 atom stereocenters. The van der Waals surface area contributed by atoms with Crippen LogP contribution in [0, 0.1) is 5.92 Å². The summed E-state index contributed by atoms with van der Waals surface area (Å²) in [4.78, 5) is 11.6. The number of sulfonamides is 1. The monoisotopic (exact) mass is 530 g/mol. The molecule has 0 radical (unpaired) electrons. The summed E-state index contributed by atoms with van der Waals surface area (Å²) in [5.41, 5.74) is -0.492. The van der Waals surface area contributed by atoms with E-state index in [1.807, 2.05) is 5.32 Å². The molecule has 1 unspecified atom stereocenters. The molecule has 0 heterocycles. The largest absolute Gasteiger partial charge is 0.573 e. The van der Waals surface area contributed by atoms with E-state index in [1.165, 1.54) is 6.92 Å². The third kappa shape index (κ3) is 8.20. The topological polar surface area (TPSA) is 114 Å². The van der Waals surface area contributed by atoms with Gasteiger partial charge in [-0.25, -0.2) is 8.42 Å². The van der Waals surface area contributed by atoms with Gasteiger partial charge < -0.3 is 19.9 Å². The number of aliphatic hydroxyl groups excluding tert-OH is 1. The number of hydrogen-bond acceptors (Lipinski definition) is 6. The van der Waals surface area contributed by atoms with Crippen LogP contribution in [0.5, 0.6) is 11.5 Å². The Labute approximate surface area is 195 Å². The van der Waals surface area contributed by atoms with Crippen molar-refractivity contribution < 1.29 is 54.1 Å². The summed E-state index contributed by atoms with van der Waals surface area (Å²) in [5, 5.41) is 10.8. The van der Waals surface area contributed by atoms with Crippen LogP contribution in [0.4, 0.5) is 37.7 Å². The Kier molecular flexibility index (Phi) is 8.84. The normalized spacial score (nSPS) is 13.1. The SMILES string of the molecule is CCOc1cc(NC(=O)C(CCO)C(F)(F)F)ccc1S(=O)(=O)Nc1cccc(OC(F)(F)F)c1. The van der Waals surface area contributed by atoms with Crippen molar-refractivity contribution in [3.63, 3.8) is 0 Å². The van der Waals surface area contributed by atoms with Gasteiger partial charge in [-0.2, -0.15) is 13.2 Å². The number of anilines is 2. The Morgan fingerprint density at radius 1 is 1.06 bits per heavy atom. The lowest BCUT2D eigenvalue weighted by atomic mass is 10.0. The summed E-state index contributed by atoms with van der Waals surface area (Å²) >= 11 is 0. The van der Waals surface area contributed by atoms with E-state index in [0.717, 1.165) is 42.5 Å². The number of hydrogen-bond donors (Lipinski definition) is 3. The van der Waals surface area contributed by atoms with Crippen LogP contribution in [0.1, 0.15) is 13.3 Å². The van der Waals surface area contributed by atoms with Crippen LogP contribution in [0.15, 0.2) is 47.4 Å². The standard InChI is InChI=1S/C20H20F6N2O6S/c1-2-33-16-11-12(27-18(30)15(8-9-29)19(21,22)23)6-7-17(16)35(31,32)28-13-4-3-5-14(10-13)34-20(24,25)26/h3-7,10-11,15,28-29H,2,8-9H2,1H3,(H,27,30). The second-order valence-electron chi connectivity index (χ2n) is 6.87. The van der Waals surface area contributed by atoms with Crippen LogP contribution in [-0.2, 0) is 14.8 Å². The van der Waals surface area contributed by atoms with Crippen LogP contribution < -0.4 is 19.5 Å². The number of carbonyl (C=O) groups excluding carboxylic acids is 1. The molecule has 194 valence electrons. The molecule has 3 N–H and O–H groups in total. The zero-order chi connectivity index (χ0) is 26.4. The number of halogens is 6. The van der Waals surface area contributed by atoms with Gasteiger partial charge >= 0.3 is 12.5 Å².